The molecule has 0 spiro atoms. The van der Waals surface area contributed by atoms with E-state index in [-0.39, 0.29) is 0 Å². The van der Waals surface area contributed by atoms with Gasteiger partial charge in [-0.3, -0.25) is 4.90 Å². The molecule has 2 heterocycles. The highest BCUT2D eigenvalue weighted by Crippen LogP contribution is 2.36. The summed E-state index contributed by atoms with van der Waals surface area (Å²) in [4.78, 5) is 3.37. The fourth-order valence-corrected chi connectivity index (χ4v) is 4.53. The molecule has 1 aromatic rings. The largest absolute Gasteiger partial charge is 0.417 e. The molecule has 3 rings (SSSR count). The van der Waals surface area contributed by atoms with Gasteiger partial charge in [0.05, 0.1) is 10.5 Å². The van der Waals surface area contributed by atoms with Crippen molar-refractivity contribution in [3.8, 4) is 0 Å². The molecule has 2 saturated heterocycles. The summed E-state index contributed by atoms with van der Waals surface area (Å²) in [5.74, 6) is 0. The summed E-state index contributed by atoms with van der Waals surface area (Å²) in [6.07, 6.45) is -2.02. The molecule has 0 radical (unpaired) electrons. The number of primary sulfonamides is 1. The SMILES string of the molecule is NS(=O)(=O)c1ccc(N2CCCN(C3CCOCC3)CC2)cc1C(F)(F)F. The van der Waals surface area contributed by atoms with Gasteiger partial charge in [0.15, 0.2) is 0 Å². The van der Waals surface area contributed by atoms with E-state index < -0.39 is 26.7 Å². The Morgan fingerprint density at radius 2 is 1.78 bits per heavy atom. The number of halogens is 3. The number of sulfonamides is 1. The lowest BCUT2D eigenvalue weighted by molar-refractivity contribution is -0.139. The predicted molar refractivity (Wildman–Crippen MR) is 95.1 cm³/mol. The molecule has 2 aliphatic rings. The second-order valence-electron chi connectivity index (χ2n) is 6.94. The van der Waals surface area contributed by atoms with Crippen molar-refractivity contribution < 1.29 is 26.3 Å². The lowest BCUT2D eigenvalue weighted by atomic mass is 10.1. The number of nitrogens with zero attached hydrogens (tertiary/aromatic N) is 2. The van der Waals surface area contributed by atoms with E-state index in [2.05, 4.69) is 4.90 Å². The molecule has 27 heavy (non-hydrogen) atoms. The van der Waals surface area contributed by atoms with Crippen LogP contribution in [0.3, 0.4) is 0 Å². The first-order chi connectivity index (χ1) is 12.7. The Labute approximate surface area is 157 Å². The summed E-state index contributed by atoms with van der Waals surface area (Å²) in [6.45, 7) is 4.34. The average Bonchev–Trinajstić information content (AvgIpc) is 2.87. The van der Waals surface area contributed by atoms with Gasteiger partial charge < -0.3 is 9.64 Å². The topological polar surface area (TPSA) is 75.9 Å². The Morgan fingerprint density at radius 3 is 2.41 bits per heavy atom. The van der Waals surface area contributed by atoms with Crippen molar-refractivity contribution in [3.63, 3.8) is 0 Å². The zero-order valence-electron chi connectivity index (χ0n) is 14.9. The van der Waals surface area contributed by atoms with E-state index in [1.165, 1.54) is 6.07 Å². The maximum absolute atomic E-state index is 13.4. The lowest BCUT2D eigenvalue weighted by Gasteiger charge is -2.33. The van der Waals surface area contributed by atoms with E-state index in [9.17, 15) is 21.6 Å². The van der Waals surface area contributed by atoms with Gasteiger partial charge in [-0.05, 0) is 37.5 Å². The maximum atomic E-state index is 13.4. The van der Waals surface area contributed by atoms with Crippen LogP contribution in [-0.4, -0.2) is 58.8 Å². The third-order valence-corrected chi connectivity index (χ3v) is 6.15. The molecule has 10 heteroatoms. The minimum absolute atomic E-state index is 0.364. The molecule has 1 aromatic carbocycles. The van der Waals surface area contributed by atoms with Crippen molar-refractivity contribution >= 4 is 15.7 Å². The highest BCUT2D eigenvalue weighted by Gasteiger charge is 2.37. The summed E-state index contributed by atoms with van der Waals surface area (Å²) in [6, 6.07) is 3.70. The number of benzene rings is 1. The second kappa shape index (κ2) is 7.94. The molecule has 0 saturated carbocycles. The van der Waals surface area contributed by atoms with E-state index in [0.29, 0.717) is 24.8 Å². The average molecular weight is 407 g/mol. The molecule has 0 aromatic heterocycles. The molecule has 152 valence electrons. The van der Waals surface area contributed by atoms with E-state index in [0.717, 1.165) is 57.7 Å². The molecule has 0 aliphatic carbocycles. The Balaban J connectivity index is 1.80. The highest BCUT2D eigenvalue weighted by molar-refractivity contribution is 7.89. The molecule has 6 nitrogen and oxygen atoms in total. The molecule has 0 amide bonds. The Bertz CT molecular complexity index is 764. The van der Waals surface area contributed by atoms with Crippen LogP contribution in [0.25, 0.3) is 0 Å². The van der Waals surface area contributed by atoms with Crippen molar-refractivity contribution in [2.45, 2.75) is 36.4 Å². The van der Waals surface area contributed by atoms with Crippen molar-refractivity contribution in [3.05, 3.63) is 23.8 Å². The molecule has 0 unspecified atom stereocenters. The molecule has 2 fully saturated rings. The van der Waals surface area contributed by atoms with Gasteiger partial charge in [-0.25, -0.2) is 13.6 Å². The third kappa shape index (κ3) is 4.92. The fourth-order valence-electron chi connectivity index (χ4n) is 3.80. The fraction of sp³-hybridized carbons (Fsp3) is 0.647. The van der Waals surface area contributed by atoms with E-state index in [1.54, 1.807) is 0 Å². The lowest BCUT2D eigenvalue weighted by Crippen LogP contribution is -2.41. The van der Waals surface area contributed by atoms with Gasteiger partial charge in [0.2, 0.25) is 10.0 Å². The Morgan fingerprint density at radius 1 is 1.07 bits per heavy atom. The third-order valence-electron chi connectivity index (χ3n) is 5.18. The smallest absolute Gasteiger partial charge is 0.381 e. The summed E-state index contributed by atoms with van der Waals surface area (Å²) in [5.41, 5.74) is -0.850. The van der Waals surface area contributed by atoms with Crippen LogP contribution in [-0.2, 0) is 20.9 Å². The number of hydrogen-bond acceptors (Lipinski definition) is 5. The van der Waals surface area contributed by atoms with Gasteiger partial charge in [0.1, 0.15) is 0 Å². The van der Waals surface area contributed by atoms with Gasteiger partial charge in [-0.15, -0.1) is 0 Å². The van der Waals surface area contributed by atoms with Crippen LogP contribution in [0.2, 0.25) is 0 Å². The first-order valence-electron chi connectivity index (χ1n) is 8.97. The van der Waals surface area contributed by atoms with Gasteiger partial charge in [-0.1, -0.05) is 0 Å². The first-order valence-corrected chi connectivity index (χ1v) is 10.5. The van der Waals surface area contributed by atoms with Gasteiger partial charge in [0, 0.05) is 51.1 Å². The normalized spacial score (nSPS) is 21.3. The number of anilines is 1. The Kier molecular flexibility index (Phi) is 5.99. The Hall–Kier alpha value is -1.36. The highest BCUT2D eigenvalue weighted by atomic mass is 32.2. The number of ether oxygens (including phenoxy) is 1. The molecular weight excluding hydrogens is 383 g/mol. The minimum Gasteiger partial charge on any atom is -0.381 e. The van der Waals surface area contributed by atoms with E-state index in [1.807, 2.05) is 4.90 Å². The molecular formula is C17H24F3N3O3S. The summed E-state index contributed by atoms with van der Waals surface area (Å²) >= 11 is 0. The van der Waals surface area contributed by atoms with Crippen LogP contribution in [0.15, 0.2) is 23.1 Å². The van der Waals surface area contributed by atoms with Crippen LogP contribution < -0.4 is 10.0 Å². The summed E-state index contributed by atoms with van der Waals surface area (Å²) < 4.78 is 68.5. The van der Waals surface area contributed by atoms with Crippen LogP contribution >= 0.6 is 0 Å². The van der Waals surface area contributed by atoms with E-state index >= 15 is 0 Å². The molecule has 0 atom stereocenters. The van der Waals surface area contributed by atoms with E-state index in [4.69, 9.17) is 9.88 Å². The van der Waals surface area contributed by atoms with Crippen molar-refractivity contribution in [2.75, 3.05) is 44.3 Å². The number of nitrogens with two attached hydrogens (primary N) is 1. The monoisotopic (exact) mass is 407 g/mol. The number of rotatable bonds is 3. The van der Waals surface area contributed by atoms with Crippen molar-refractivity contribution in [1.82, 2.24) is 4.90 Å². The summed E-state index contributed by atoms with van der Waals surface area (Å²) in [5, 5.41) is 4.95. The van der Waals surface area contributed by atoms with Crippen LogP contribution in [0.1, 0.15) is 24.8 Å². The summed E-state index contributed by atoms with van der Waals surface area (Å²) in [7, 11) is -4.45. The van der Waals surface area contributed by atoms with Gasteiger partial charge in [-0.2, -0.15) is 13.2 Å². The number of hydrogen-bond donors (Lipinski definition) is 1. The van der Waals surface area contributed by atoms with Gasteiger partial charge >= 0.3 is 6.18 Å². The zero-order chi connectivity index (χ0) is 19.7. The number of alkyl halides is 3. The van der Waals surface area contributed by atoms with Crippen LogP contribution in [0.4, 0.5) is 18.9 Å². The zero-order valence-corrected chi connectivity index (χ0v) is 15.7. The minimum atomic E-state index is -4.79. The quantitative estimate of drug-likeness (QED) is 0.830. The van der Waals surface area contributed by atoms with Gasteiger partial charge in [0.25, 0.3) is 0 Å². The van der Waals surface area contributed by atoms with Crippen molar-refractivity contribution in [1.29, 1.82) is 0 Å². The first kappa shape index (κ1) is 20.4. The van der Waals surface area contributed by atoms with Crippen LogP contribution in [0.5, 0.6) is 0 Å². The molecule has 0 bridgehead atoms. The molecule has 2 N–H and O–H groups in total. The maximum Gasteiger partial charge on any atom is 0.417 e. The molecule has 2 aliphatic heterocycles. The standard InChI is InChI=1S/C17H24F3N3O3S/c18-17(19,20)15-12-14(2-3-16(15)27(21,24)25)23-7-1-6-22(8-9-23)13-4-10-26-11-5-13/h2-3,12-13H,1,4-11H2,(H2,21,24,25). The van der Waals surface area contributed by atoms with Crippen molar-refractivity contribution in [2.24, 2.45) is 5.14 Å². The second-order valence-corrected chi connectivity index (χ2v) is 8.47. The van der Waals surface area contributed by atoms with Crippen LogP contribution in [0, 0.1) is 0 Å². The predicted octanol–water partition coefficient (Wildman–Crippen LogP) is 2.04.